The monoisotopic (exact) mass is 197 g/mol. The van der Waals surface area contributed by atoms with Gasteiger partial charge in [0.25, 0.3) is 0 Å². The molecule has 0 fully saturated rings. The van der Waals surface area contributed by atoms with Crippen LogP contribution in [0.1, 0.15) is 18.9 Å². The van der Waals surface area contributed by atoms with Crippen molar-refractivity contribution in [3.8, 4) is 5.75 Å². The van der Waals surface area contributed by atoms with E-state index < -0.39 is 0 Å². The lowest BCUT2D eigenvalue weighted by Gasteiger charge is -2.03. The maximum absolute atomic E-state index is 9.18. The first kappa shape index (κ1) is 10.3. The lowest BCUT2D eigenvalue weighted by molar-refractivity contribution is 0.478. The van der Waals surface area contributed by atoms with Crippen molar-refractivity contribution in [1.29, 1.82) is 0 Å². The quantitative estimate of drug-likeness (QED) is 0.443. The van der Waals surface area contributed by atoms with Gasteiger partial charge in [-0.25, -0.2) is 0 Å². The molecule has 72 valence electrons. The zero-order valence-corrected chi connectivity index (χ0v) is 8.60. The summed E-state index contributed by atoms with van der Waals surface area (Å²) < 4.78 is 0. The maximum atomic E-state index is 9.18. The van der Waals surface area contributed by atoms with Crippen LogP contribution in [0.25, 0.3) is 0 Å². The van der Waals surface area contributed by atoms with E-state index in [0.717, 1.165) is 5.75 Å². The van der Waals surface area contributed by atoms with Crippen LogP contribution in [-0.4, -0.2) is 10.9 Å². The van der Waals surface area contributed by atoms with Crippen LogP contribution in [0.3, 0.4) is 0 Å². The summed E-state index contributed by atoms with van der Waals surface area (Å²) in [6, 6.07) is 5.39. The van der Waals surface area contributed by atoms with Gasteiger partial charge in [0.05, 0.1) is 5.69 Å². The summed E-state index contributed by atoms with van der Waals surface area (Å²) >= 11 is 1.88. The smallest absolute Gasteiger partial charge is 0.138 e. The van der Waals surface area contributed by atoms with E-state index in [-0.39, 0.29) is 5.75 Å². The first-order valence-electron chi connectivity index (χ1n) is 4.39. The highest BCUT2D eigenvalue weighted by atomic mass is 32.2. The highest BCUT2D eigenvalue weighted by Gasteiger charge is 1.98. The number of benzene rings is 1. The first-order valence-corrected chi connectivity index (χ1v) is 5.54. The van der Waals surface area contributed by atoms with Crippen LogP contribution < -0.4 is 5.73 Å². The zero-order chi connectivity index (χ0) is 9.68. The van der Waals surface area contributed by atoms with E-state index in [4.69, 9.17) is 5.73 Å². The standard InChI is InChI=1S/C10H15NOS/c1-2-5-13-7-8-3-4-10(12)9(11)6-8/h3-4,6,12H,2,5,7,11H2,1H3. The van der Waals surface area contributed by atoms with Crippen LogP contribution in [0, 0.1) is 0 Å². The topological polar surface area (TPSA) is 46.2 Å². The van der Waals surface area contributed by atoms with Gasteiger partial charge in [-0.2, -0.15) is 11.8 Å². The van der Waals surface area contributed by atoms with E-state index in [1.54, 1.807) is 6.07 Å². The van der Waals surface area contributed by atoms with E-state index in [1.165, 1.54) is 17.7 Å². The Morgan fingerprint density at radius 3 is 2.85 bits per heavy atom. The second-order valence-electron chi connectivity index (χ2n) is 2.95. The van der Waals surface area contributed by atoms with Crippen LogP contribution in [0.2, 0.25) is 0 Å². The largest absolute Gasteiger partial charge is 0.506 e. The Morgan fingerprint density at radius 1 is 1.46 bits per heavy atom. The Hall–Kier alpha value is -0.830. The van der Waals surface area contributed by atoms with Crippen LogP contribution >= 0.6 is 11.8 Å². The summed E-state index contributed by atoms with van der Waals surface area (Å²) in [6.45, 7) is 2.16. The van der Waals surface area contributed by atoms with Gasteiger partial charge in [-0.1, -0.05) is 13.0 Å². The van der Waals surface area contributed by atoms with Crippen LogP contribution in [0.5, 0.6) is 5.75 Å². The molecule has 0 aliphatic carbocycles. The first-order chi connectivity index (χ1) is 6.24. The average molecular weight is 197 g/mol. The molecular formula is C10H15NOS. The minimum Gasteiger partial charge on any atom is -0.506 e. The fraction of sp³-hybridized carbons (Fsp3) is 0.400. The molecule has 1 aromatic carbocycles. The minimum absolute atomic E-state index is 0.171. The van der Waals surface area contributed by atoms with E-state index in [1.807, 2.05) is 23.9 Å². The summed E-state index contributed by atoms with van der Waals surface area (Å²) in [5, 5.41) is 9.18. The van der Waals surface area contributed by atoms with Gasteiger partial charge >= 0.3 is 0 Å². The van der Waals surface area contributed by atoms with Crippen molar-refractivity contribution >= 4 is 17.4 Å². The molecule has 0 saturated carbocycles. The predicted molar refractivity (Wildman–Crippen MR) is 59.0 cm³/mol. The molecule has 0 bridgehead atoms. The van der Waals surface area contributed by atoms with Crippen LogP contribution in [0.4, 0.5) is 5.69 Å². The summed E-state index contributed by atoms with van der Waals surface area (Å²) in [7, 11) is 0. The third-order valence-electron chi connectivity index (χ3n) is 1.71. The highest BCUT2D eigenvalue weighted by molar-refractivity contribution is 7.98. The molecule has 0 amide bonds. The number of thioether (sulfide) groups is 1. The normalized spacial score (nSPS) is 10.2. The second kappa shape index (κ2) is 5.02. The maximum Gasteiger partial charge on any atom is 0.138 e. The zero-order valence-electron chi connectivity index (χ0n) is 7.79. The number of phenolic OH excluding ortho intramolecular Hbond substituents is 1. The van der Waals surface area contributed by atoms with Crippen molar-refractivity contribution in [3.05, 3.63) is 23.8 Å². The SMILES string of the molecule is CCCSCc1ccc(O)c(N)c1. The molecule has 2 nitrogen and oxygen atoms in total. The van der Waals surface area contributed by atoms with Crippen molar-refractivity contribution in [2.24, 2.45) is 0 Å². The molecule has 3 heteroatoms. The third-order valence-corrected chi connectivity index (χ3v) is 2.94. The second-order valence-corrected chi connectivity index (χ2v) is 4.05. The number of nitrogen functional groups attached to an aromatic ring is 1. The van der Waals surface area contributed by atoms with Crippen molar-refractivity contribution in [1.82, 2.24) is 0 Å². The van der Waals surface area contributed by atoms with Crippen LogP contribution in [0.15, 0.2) is 18.2 Å². The molecule has 0 aromatic heterocycles. The van der Waals surface area contributed by atoms with Crippen molar-refractivity contribution in [3.63, 3.8) is 0 Å². The van der Waals surface area contributed by atoms with Crippen LogP contribution in [-0.2, 0) is 5.75 Å². The predicted octanol–water partition coefficient (Wildman–Crippen LogP) is 2.62. The molecule has 0 saturated heterocycles. The molecule has 0 heterocycles. The number of hydrogen-bond donors (Lipinski definition) is 2. The number of nitrogens with two attached hydrogens (primary N) is 1. The number of rotatable bonds is 4. The summed E-state index contributed by atoms with van der Waals surface area (Å²) in [6.07, 6.45) is 1.19. The van der Waals surface area contributed by atoms with Crippen molar-refractivity contribution in [2.75, 3.05) is 11.5 Å². The Balaban J connectivity index is 2.53. The molecule has 0 atom stereocenters. The van der Waals surface area contributed by atoms with Crippen molar-refractivity contribution in [2.45, 2.75) is 19.1 Å². The lowest BCUT2D eigenvalue weighted by atomic mass is 10.2. The van der Waals surface area contributed by atoms with E-state index in [2.05, 4.69) is 6.92 Å². The molecule has 3 N–H and O–H groups in total. The number of anilines is 1. The van der Waals surface area contributed by atoms with Gasteiger partial charge in [-0.3, -0.25) is 0 Å². The fourth-order valence-electron chi connectivity index (χ4n) is 1.03. The van der Waals surface area contributed by atoms with E-state index in [9.17, 15) is 5.11 Å². The molecule has 13 heavy (non-hydrogen) atoms. The van der Waals surface area contributed by atoms with Gasteiger partial charge in [-0.05, 0) is 29.9 Å². The number of aromatic hydroxyl groups is 1. The van der Waals surface area contributed by atoms with Gasteiger partial charge in [0.2, 0.25) is 0 Å². The molecule has 0 spiro atoms. The van der Waals surface area contributed by atoms with Gasteiger partial charge in [0, 0.05) is 5.75 Å². The van der Waals surface area contributed by atoms with Gasteiger partial charge in [0.1, 0.15) is 5.75 Å². The molecule has 1 rings (SSSR count). The minimum atomic E-state index is 0.171. The lowest BCUT2D eigenvalue weighted by Crippen LogP contribution is -1.88. The van der Waals surface area contributed by atoms with Gasteiger partial charge < -0.3 is 10.8 Å². The molecule has 0 unspecified atom stereocenters. The van der Waals surface area contributed by atoms with E-state index >= 15 is 0 Å². The molecule has 0 aliphatic rings. The number of hydrogen-bond acceptors (Lipinski definition) is 3. The third kappa shape index (κ3) is 3.19. The molecule has 1 aromatic rings. The molecule has 0 aliphatic heterocycles. The Morgan fingerprint density at radius 2 is 2.23 bits per heavy atom. The fourth-order valence-corrected chi connectivity index (χ4v) is 1.88. The van der Waals surface area contributed by atoms with Gasteiger partial charge in [0.15, 0.2) is 0 Å². The Labute approximate surface area is 83.1 Å². The Kier molecular flexibility index (Phi) is 3.96. The summed E-state index contributed by atoms with van der Waals surface area (Å²) in [5.41, 5.74) is 7.21. The average Bonchev–Trinajstić information content (AvgIpc) is 2.12. The number of phenols is 1. The van der Waals surface area contributed by atoms with E-state index in [0.29, 0.717) is 5.69 Å². The van der Waals surface area contributed by atoms with Crippen molar-refractivity contribution < 1.29 is 5.11 Å². The highest BCUT2D eigenvalue weighted by Crippen LogP contribution is 2.23. The molecular weight excluding hydrogens is 182 g/mol. The summed E-state index contributed by atoms with van der Waals surface area (Å²) in [4.78, 5) is 0. The summed E-state index contributed by atoms with van der Waals surface area (Å²) in [5.74, 6) is 2.31. The van der Waals surface area contributed by atoms with Gasteiger partial charge in [-0.15, -0.1) is 0 Å². The molecule has 0 radical (unpaired) electrons. The Bertz CT molecular complexity index is 276.